The highest BCUT2D eigenvalue weighted by Crippen LogP contribution is 2.29. The minimum absolute atomic E-state index is 0.239. The Kier molecular flexibility index (Phi) is 8.37. The second-order valence-electron chi connectivity index (χ2n) is 8.93. The van der Waals surface area contributed by atoms with Crippen LogP contribution in [0.3, 0.4) is 0 Å². The van der Waals surface area contributed by atoms with Crippen molar-refractivity contribution in [3.63, 3.8) is 0 Å². The third-order valence-corrected chi connectivity index (χ3v) is 6.84. The zero-order chi connectivity index (χ0) is 24.0. The number of aryl methyl sites for hydroxylation is 1. The number of benzene rings is 2. The van der Waals surface area contributed by atoms with Crippen molar-refractivity contribution in [2.24, 2.45) is 0 Å². The average molecular weight is 504 g/mol. The Morgan fingerprint density at radius 2 is 1.76 bits per heavy atom. The molecule has 2 aromatic carbocycles. The molecule has 0 radical (unpaired) electrons. The van der Waals surface area contributed by atoms with Crippen LogP contribution in [0, 0.1) is 6.92 Å². The Morgan fingerprint density at radius 1 is 0.971 bits per heavy atom. The number of aromatic nitrogens is 2. The first-order valence-electron chi connectivity index (χ1n) is 11.6. The minimum atomic E-state index is -0.855. The van der Waals surface area contributed by atoms with Gasteiger partial charge in [0.1, 0.15) is 24.7 Å². The molecule has 4 rings (SSSR count). The SMILES string of the molecule is Cc1ccn(CCOc2ccc(CN3CCCC(O)(COc4ccc(Cl)c(Cl)c4)CC3)cc2)n1. The number of hydrogen-bond donors (Lipinski definition) is 1. The summed E-state index contributed by atoms with van der Waals surface area (Å²) in [4.78, 5) is 2.38. The van der Waals surface area contributed by atoms with Crippen LogP contribution in [-0.2, 0) is 13.1 Å². The smallest absolute Gasteiger partial charge is 0.121 e. The lowest BCUT2D eigenvalue weighted by Crippen LogP contribution is -2.37. The Hall–Kier alpha value is -2.25. The highest BCUT2D eigenvalue weighted by Gasteiger charge is 2.31. The van der Waals surface area contributed by atoms with Gasteiger partial charge in [-0.05, 0) is 68.6 Å². The molecule has 1 aliphatic rings. The molecule has 0 amide bonds. The van der Waals surface area contributed by atoms with E-state index in [0.29, 0.717) is 35.2 Å². The van der Waals surface area contributed by atoms with Crippen molar-refractivity contribution >= 4 is 23.2 Å². The molecule has 0 aliphatic carbocycles. The molecule has 6 nitrogen and oxygen atoms in total. The van der Waals surface area contributed by atoms with Gasteiger partial charge < -0.3 is 14.6 Å². The van der Waals surface area contributed by atoms with Crippen LogP contribution in [0.1, 0.15) is 30.5 Å². The standard InChI is InChI=1S/C26H31Cl2N3O3/c1-20-9-13-31(29-20)15-16-33-22-5-3-21(4-6-22)18-30-12-2-10-26(32,11-14-30)19-34-23-7-8-24(27)25(28)17-23/h3-9,13,17,32H,2,10-12,14-16,18-19H2,1H3. The molecule has 1 atom stereocenters. The van der Waals surface area contributed by atoms with Gasteiger partial charge >= 0.3 is 0 Å². The van der Waals surface area contributed by atoms with Crippen LogP contribution in [-0.4, -0.2) is 51.7 Å². The van der Waals surface area contributed by atoms with E-state index in [9.17, 15) is 5.11 Å². The van der Waals surface area contributed by atoms with E-state index in [1.165, 1.54) is 5.56 Å². The summed E-state index contributed by atoms with van der Waals surface area (Å²) >= 11 is 12.0. The van der Waals surface area contributed by atoms with Gasteiger partial charge in [-0.2, -0.15) is 5.10 Å². The lowest BCUT2D eigenvalue weighted by atomic mass is 9.96. The van der Waals surface area contributed by atoms with E-state index >= 15 is 0 Å². The maximum atomic E-state index is 11.1. The minimum Gasteiger partial charge on any atom is -0.492 e. The molecule has 0 saturated carbocycles. The molecule has 1 N–H and O–H groups in total. The van der Waals surface area contributed by atoms with Gasteiger partial charge in [-0.15, -0.1) is 0 Å². The summed E-state index contributed by atoms with van der Waals surface area (Å²) in [5.74, 6) is 1.48. The first-order valence-corrected chi connectivity index (χ1v) is 12.4. The van der Waals surface area contributed by atoms with Gasteiger partial charge in [0.25, 0.3) is 0 Å². The molecule has 2 heterocycles. The molecule has 1 aromatic heterocycles. The van der Waals surface area contributed by atoms with Gasteiger partial charge in [-0.3, -0.25) is 9.58 Å². The van der Waals surface area contributed by atoms with E-state index in [0.717, 1.165) is 44.0 Å². The lowest BCUT2D eigenvalue weighted by Gasteiger charge is -2.27. The lowest BCUT2D eigenvalue weighted by molar-refractivity contribution is -0.0168. The summed E-state index contributed by atoms with van der Waals surface area (Å²) < 4.78 is 13.6. The molecule has 1 saturated heterocycles. The zero-order valence-corrected chi connectivity index (χ0v) is 20.9. The topological polar surface area (TPSA) is 59.8 Å². The predicted molar refractivity (Wildman–Crippen MR) is 135 cm³/mol. The van der Waals surface area contributed by atoms with Crippen LogP contribution in [0.15, 0.2) is 54.7 Å². The largest absolute Gasteiger partial charge is 0.492 e. The van der Waals surface area contributed by atoms with Gasteiger partial charge in [0, 0.05) is 25.4 Å². The zero-order valence-electron chi connectivity index (χ0n) is 19.4. The Balaban J connectivity index is 1.22. The molecular formula is C26H31Cl2N3O3. The third kappa shape index (κ3) is 7.12. The normalized spacial score (nSPS) is 19.1. The van der Waals surface area contributed by atoms with Gasteiger partial charge in [0.15, 0.2) is 0 Å². The third-order valence-electron chi connectivity index (χ3n) is 6.10. The van der Waals surface area contributed by atoms with Gasteiger partial charge in [-0.1, -0.05) is 35.3 Å². The van der Waals surface area contributed by atoms with Crippen molar-refractivity contribution in [2.75, 3.05) is 26.3 Å². The summed E-state index contributed by atoms with van der Waals surface area (Å²) in [7, 11) is 0. The Labute approximate surface area is 211 Å². The van der Waals surface area contributed by atoms with Crippen molar-refractivity contribution in [3.05, 3.63) is 76.0 Å². The fourth-order valence-electron chi connectivity index (χ4n) is 4.12. The molecule has 8 heteroatoms. The molecule has 1 fully saturated rings. The molecule has 0 spiro atoms. The summed E-state index contributed by atoms with van der Waals surface area (Å²) in [5.41, 5.74) is 1.38. The summed E-state index contributed by atoms with van der Waals surface area (Å²) in [5, 5.41) is 16.4. The van der Waals surface area contributed by atoms with Crippen LogP contribution in [0.2, 0.25) is 10.0 Å². The Bertz CT molecular complexity index is 1070. The van der Waals surface area contributed by atoms with E-state index in [1.807, 2.05) is 36.0 Å². The van der Waals surface area contributed by atoms with E-state index < -0.39 is 5.60 Å². The second-order valence-corrected chi connectivity index (χ2v) is 9.75. The quantitative estimate of drug-likeness (QED) is 0.425. The average Bonchev–Trinajstić information content (AvgIpc) is 3.15. The number of hydrogen-bond acceptors (Lipinski definition) is 5. The van der Waals surface area contributed by atoms with Gasteiger partial charge in [-0.25, -0.2) is 0 Å². The predicted octanol–water partition coefficient (Wildman–Crippen LogP) is 5.37. The van der Waals surface area contributed by atoms with Crippen LogP contribution in [0.5, 0.6) is 11.5 Å². The van der Waals surface area contributed by atoms with Gasteiger partial charge in [0.2, 0.25) is 0 Å². The van der Waals surface area contributed by atoms with Crippen molar-refractivity contribution < 1.29 is 14.6 Å². The summed E-state index contributed by atoms with van der Waals surface area (Å²) in [6, 6.07) is 15.4. The highest BCUT2D eigenvalue weighted by molar-refractivity contribution is 6.42. The monoisotopic (exact) mass is 503 g/mol. The molecule has 0 bridgehead atoms. The number of rotatable bonds is 9. The van der Waals surface area contributed by atoms with Crippen molar-refractivity contribution in [2.45, 2.75) is 44.9 Å². The maximum absolute atomic E-state index is 11.1. The number of nitrogens with zero attached hydrogens (tertiary/aromatic N) is 3. The summed E-state index contributed by atoms with van der Waals surface area (Å²) in [6.07, 6.45) is 4.23. The molecule has 1 unspecified atom stereocenters. The molecular weight excluding hydrogens is 473 g/mol. The number of halogens is 2. The first kappa shape index (κ1) is 24.9. The summed E-state index contributed by atoms with van der Waals surface area (Å²) in [6.45, 7) is 6.11. The fraction of sp³-hybridized carbons (Fsp3) is 0.423. The van der Waals surface area contributed by atoms with E-state index in [-0.39, 0.29) is 6.61 Å². The highest BCUT2D eigenvalue weighted by atomic mass is 35.5. The number of likely N-dealkylation sites (tertiary alicyclic amines) is 1. The number of aliphatic hydroxyl groups is 1. The van der Waals surface area contributed by atoms with Crippen LogP contribution >= 0.6 is 23.2 Å². The van der Waals surface area contributed by atoms with Crippen molar-refractivity contribution in [3.8, 4) is 11.5 Å². The first-order chi connectivity index (χ1) is 16.4. The maximum Gasteiger partial charge on any atom is 0.121 e. The van der Waals surface area contributed by atoms with Crippen molar-refractivity contribution in [1.82, 2.24) is 14.7 Å². The molecule has 3 aromatic rings. The van der Waals surface area contributed by atoms with Crippen molar-refractivity contribution in [1.29, 1.82) is 0 Å². The fourth-order valence-corrected chi connectivity index (χ4v) is 4.40. The van der Waals surface area contributed by atoms with E-state index in [4.69, 9.17) is 32.7 Å². The van der Waals surface area contributed by atoms with Gasteiger partial charge in [0.05, 0.1) is 27.9 Å². The molecule has 182 valence electrons. The second kappa shape index (κ2) is 11.5. The number of ether oxygens (including phenoxy) is 2. The molecule has 34 heavy (non-hydrogen) atoms. The van der Waals surface area contributed by atoms with Crippen LogP contribution < -0.4 is 9.47 Å². The van der Waals surface area contributed by atoms with E-state index in [1.54, 1.807) is 18.2 Å². The Morgan fingerprint density at radius 3 is 2.50 bits per heavy atom. The van der Waals surface area contributed by atoms with Crippen LogP contribution in [0.4, 0.5) is 0 Å². The van der Waals surface area contributed by atoms with Crippen LogP contribution in [0.25, 0.3) is 0 Å². The molecule has 1 aliphatic heterocycles. The van der Waals surface area contributed by atoms with E-state index in [2.05, 4.69) is 22.1 Å².